The molecule has 0 aromatic carbocycles. The molecule has 0 bridgehead atoms. The van der Waals surface area contributed by atoms with Crippen LogP contribution in [0.15, 0.2) is 11.4 Å². The highest BCUT2D eigenvalue weighted by molar-refractivity contribution is 7.10. The summed E-state index contributed by atoms with van der Waals surface area (Å²) >= 11 is 1.64. The Balaban J connectivity index is 2.29. The van der Waals surface area contributed by atoms with Gasteiger partial charge in [-0.05, 0) is 50.5 Å². The first kappa shape index (κ1) is 13.8. The predicted octanol–water partition coefficient (Wildman–Crippen LogP) is 4.22. The lowest BCUT2D eigenvalue weighted by Gasteiger charge is -2.38. The van der Waals surface area contributed by atoms with Gasteiger partial charge >= 0.3 is 0 Å². The maximum Gasteiger partial charge on any atom is 0.195 e. The standard InChI is InChI=1S/C15H22O2S/c1-4-17-15(8-5-6-11(2)10-15)14(16)13-7-9-18-12(13)3/h7,9,11H,4-6,8,10H2,1-3H3. The second-order valence-electron chi connectivity index (χ2n) is 5.35. The van der Waals surface area contributed by atoms with Crippen molar-refractivity contribution >= 4 is 17.1 Å². The van der Waals surface area contributed by atoms with Crippen LogP contribution in [0.2, 0.25) is 0 Å². The molecular formula is C15H22O2S. The number of carbonyl (C=O) groups excluding carboxylic acids is 1. The quantitative estimate of drug-likeness (QED) is 0.762. The van der Waals surface area contributed by atoms with Crippen molar-refractivity contribution in [3.8, 4) is 0 Å². The van der Waals surface area contributed by atoms with Crippen LogP contribution in [0, 0.1) is 12.8 Å². The van der Waals surface area contributed by atoms with Crippen molar-refractivity contribution in [3.05, 3.63) is 21.9 Å². The fourth-order valence-corrected chi connectivity index (χ4v) is 3.74. The van der Waals surface area contributed by atoms with Crippen LogP contribution in [-0.4, -0.2) is 18.0 Å². The van der Waals surface area contributed by atoms with Gasteiger partial charge < -0.3 is 4.74 Å². The van der Waals surface area contributed by atoms with Crippen molar-refractivity contribution in [2.75, 3.05) is 6.61 Å². The number of Topliss-reactive ketones (excluding diaryl/α,β-unsaturated/α-hetero) is 1. The Morgan fingerprint density at radius 2 is 2.39 bits per heavy atom. The maximum absolute atomic E-state index is 12.8. The molecular weight excluding hydrogens is 244 g/mol. The van der Waals surface area contributed by atoms with Gasteiger partial charge in [-0.15, -0.1) is 11.3 Å². The molecule has 100 valence electrons. The normalized spacial score (nSPS) is 28.3. The number of carbonyl (C=O) groups is 1. The summed E-state index contributed by atoms with van der Waals surface area (Å²) in [7, 11) is 0. The van der Waals surface area contributed by atoms with Crippen molar-refractivity contribution in [1.29, 1.82) is 0 Å². The fraction of sp³-hybridized carbons (Fsp3) is 0.667. The summed E-state index contributed by atoms with van der Waals surface area (Å²) in [4.78, 5) is 13.9. The van der Waals surface area contributed by atoms with Gasteiger partial charge in [-0.1, -0.05) is 13.3 Å². The van der Waals surface area contributed by atoms with Crippen LogP contribution in [0.3, 0.4) is 0 Å². The molecule has 1 fully saturated rings. The highest BCUT2D eigenvalue weighted by Gasteiger charge is 2.43. The lowest BCUT2D eigenvalue weighted by atomic mass is 9.75. The van der Waals surface area contributed by atoms with Crippen LogP contribution in [-0.2, 0) is 4.74 Å². The van der Waals surface area contributed by atoms with E-state index >= 15 is 0 Å². The first-order valence-corrected chi connectivity index (χ1v) is 7.70. The van der Waals surface area contributed by atoms with Crippen LogP contribution < -0.4 is 0 Å². The number of thiophene rings is 1. The van der Waals surface area contributed by atoms with Crippen molar-refractivity contribution in [1.82, 2.24) is 0 Å². The van der Waals surface area contributed by atoms with Crippen molar-refractivity contribution in [2.45, 2.75) is 52.1 Å². The van der Waals surface area contributed by atoms with Crippen LogP contribution in [0.25, 0.3) is 0 Å². The minimum Gasteiger partial charge on any atom is -0.367 e. The summed E-state index contributed by atoms with van der Waals surface area (Å²) < 4.78 is 5.94. The topological polar surface area (TPSA) is 26.3 Å². The molecule has 0 radical (unpaired) electrons. The smallest absolute Gasteiger partial charge is 0.195 e. The van der Waals surface area contributed by atoms with E-state index in [4.69, 9.17) is 4.74 Å². The summed E-state index contributed by atoms with van der Waals surface area (Å²) in [6.07, 6.45) is 4.05. The Hall–Kier alpha value is -0.670. The first-order valence-electron chi connectivity index (χ1n) is 6.82. The van der Waals surface area contributed by atoms with E-state index in [0.717, 1.165) is 29.7 Å². The molecule has 2 nitrogen and oxygen atoms in total. The Kier molecular flexibility index (Phi) is 4.23. The Labute approximate surface area is 113 Å². The third-order valence-corrected chi connectivity index (χ3v) is 4.74. The van der Waals surface area contributed by atoms with Gasteiger partial charge in [0.2, 0.25) is 0 Å². The van der Waals surface area contributed by atoms with E-state index in [1.54, 1.807) is 11.3 Å². The number of aryl methyl sites for hydroxylation is 1. The number of ether oxygens (including phenoxy) is 1. The molecule has 0 aliphatic heterocycles. The lowest BCUT2D eigenvalue weighted by molar-refractivity contribution is -0.0511. The van der Waals surface area contributed by atoms with Gasteiger partial charge in [0.15, 0.2) is 5.78 Å². The Morgan fingerprint density at radius 3 is 2.94 bits per heavy atom. The zero-order chi connectivity index (χ0) is 13.2. The van der Waals surface area contributed by atoms with Crippen LogP contribution >= 0.6 is 11.3 Å². The minimum absolute atomic E-state index is 0.203. The molecule has 0 N–H and O–H groups in total. The largest absolute Gasteiger partial charge is 0.367 e. The van der Waals surface area contributed by atoms with Crippen LogP contribution in [0.5, 0.6) is 0 Å². The second-order valence-corrected chi connectivity index (χ2v) is 6.47. The number of hydrogen-bond donors (Lipinski definition) is 0. The molecule has 1 aromatic rings. The van der Waals surface area contributed by atoms with Crippen molar-refractivity contribution in [2.24, 2.45) is 5.92 Å². The third kappa shape index (κ3) is 2.52. The van der Waals surface area contributed by atoms with E-state index in [9.17, 15) is 4.79 Å². The van der Waals surface area contributed by atoms with Gasteiger partial charge in [0.1, 0.15) is 5.60 Å². The molecule has 3 heteroatoms. The lowest BCUT2D eigenvalue weighted by Crippen LogP contribution is -2.45. The molecule has 2 atom stereocenters. The molecule has 1 aliphatic carbocycles. The molecule has 1 aliphatic rings. The van der Waals surface area contributed by atoms with Gasteiger partial charge in [0.25, 0.3) is 0 Å². The second kappa shape index (κ2) is 5.54. The average Bonchev–Trinajstić information content (AvgIpc) is 2.75. The molecule has 1 aromatic heterocycles. The van der Waals surface area contributed by atoms with Gasteiger partial charge in [-0.3, -0.25) is 4.79 Å². The molecule has 0 amide bonds. The van der Waals surface area contributed by atoms with E-state index in [2.05, 4.69) is 6.92 Å². The van der Waals surface area contributed by atoms with Crippen LogP contribution in [0.1, 0.15) is 54.8 Å². The molecule has 2 rings (SSSR count). The summed E-state index contributed by atoms with van der Waals surface area (Å²) in [5, 5.41) is 1.99. The zero-order valence-corrected chi connectivity index (χ0v) is 12.3. The molecule has 1 heterocycles. The highest BCUT2D eigenvalue weighted by atomic mass is 32.1. The van der Waals surface area contributed by atoms with E-state index in [1.165, 1.54) is 6.42 Å². The monoisotopic (exact) mass is 266 g/mol. The van der Waals surface area contributed by atoms with Gasteiger partial charge in [-0.2, -0.15) is 0 Å². The minimum atomic E-state index is -0.557. The van der Waals surface area contributed by atoms with Crippen molar-refractivity contribution < 1.29 is 9.53 Å². The number of rotatable bonds is 4. The number of hydrogen-bond acceptors (Lipinski definition) is 3. The van der Waals surface area contributed by atoms with Crippen molar-refractivity contribution in [3.63, 3.8) is 0 Å². The van der Waals surface area contributed by atoms with Gasteiger partial charge in [0.05, 0.1) is 0 Å². The highest BCUT2D eigenvalue weighted by Crippen LogP contribution is 2.38. The first-order chi connectivity index (χ1) is 8.59. The summed E-state index contributed by atoms with van der Waals surface area (Å²) in [6, 6.07) is 1.95. The van der Waals surface area contributed by atoms with E-state index in [-0.39, 0.29) is 5.78 Å². The molecule has 18 heavy (non-hydrogen) atoms. The summed E-state index contributed by atoms with van der Waals surface area (Å²) in [5.74, 6) is 0.780. The summed E-state index contributed by atoms with van der Waals surface area (Å²) in [6.45, 7) is 6.83. The molecule has 2 unspecified atom stereocenters. The van der Waals surface area contributed by atoms with E-state index in [0.29, 0.717) is 12.5 Å². The number of ketones is 1. The average molecular weight is 266 g/mol. The SMILES string of the molecule is CCOC1(C(=O)c2ccsc2C)CCCC(C)C1. The Bertz CT molecular complexity index is 420. The van der Waals surface area contributed by atoms with Gasteiger partial charge in [-0.25, -0.2) is 0 Å². The third-order valence-electron chi connectivity index (χ3n) is 3.89. The summed E-state index contributed by atoms with van der Waals surface area (Å²) in [5.41, 5.74) is 0.306. The maximum atomic E-state index is 12.8. The predicted molar refractivity (Wildman–Crippen MR) is 75.4 cm³/mol. The van der Waals surface area contributed by atoms with Crippen LogP contribution in [0.4, 0.5) is 0 Å². The molecule has 1 saturated carbocycles. The van der Waals surface area contributed by atoms with E-state index < -0.39 is 5.60 Å². The molecule has 0 saturated heterocycles. The van der Waals surface area contributed by atoms with E-state index in [1.807, 2.05) is 25.3 Å². The van der Waals surface area contributed by atoms with Gasteiger partial charge in [0, 0.05) is 17.0 Å². The zero-order valence-electron chi connectivity index (χ0n) is 11.5. The molecule has 0 spiro atoms. The Morgan fingerprint density at radius 1 is 1.61 bits per heavy atom. The fourth-order valence-electron chi connectivity index (χ4n) is 3.05.